The number of nitrogens with one attached hydrogen (secondary N) is 1. The molecule has 0 spiro atoms. The van der Waals surface area contributed by atoms with Crippen LogP contribution in [0.3, 0.4) is 0 Å². The van der Waals surface area contributed by atoms with Gasteiger partial charge in [0.2, 0.25) is 5.91 Å². The fourth-order valence-corrected chi connectivity index (χ4v) is 2.52. The van der Waals surface area contributed by atoms with Crippen molar-refractivity contribution in [3.8, 4) is 12.3 Å². The van der Waals surface area contributed by atoms with E-state index in [1.165, 1.54) is 6.92 Å². The van der Waals surface area contributed by atoms with E-state index >= 15 is 0 Å². The van der Waals surface area contributed by atoms with Gasteiger partial charge in [-0.3, -0.25) is 4.79 Å². The molecule has 0 aromatic heterocycles. The van der Waals surface area contributed by atoms with Crippen LogP contribution < -0.4 is 5.32 Å². The van der Waals surface area contributed by atoms with Crippen molar-refractivity contribution < 1.29 is 14.3 Å². The normalized spacial score (nSPS) is 46.1. The van der Waals surface area contributed by atoms with Crippen LogP contribution in [0.2, 0.25) is 0 Å². The quantitative estimate of drug-likeness (QED) is 0.659. The van der Waals surface area contributed by atoms with Crippen LogP contribution in [-0.2, 0) is 14.3 Å². The Kier molecular flexibility index (Phi) is 2.69. The van der Waals surface area contributed by atoms with E-state index in [1.54, 1.807) is 0 Å². The predicted molar refractivity (Wildman–Crippen MR) is 58.3 cm³/mol. The zero-order valence-electron chi connectivity index (χ0n) is 9.82. The van der Waals surface area contributed by atoms with E-state index in [0.717, 1.165) is 0 Å². The summed E-state index contributed by atoms with van der Waals surface area (Å²) in [6.45, 7) is 6.02. The zero-order chi connectivity index (χ0) is 11.9. The molecular weight excluding hydrogens is 206 g/mol. The van der Waals surface area contributed by atoms with Crippen molar-refractivity contribution in [1.82, 2.24) is 5.32 Å². The summed E-state index contributed by atoms with van der Waals surface area (Å²) in [5.41, 5.74) is -0.612. The van der Waals surface area contributed by atoms with Gasteiger partial charge in [-0.15, -0.1) is 6.42 Å². The number of terminal acetylenes is 1. The predicted octanol–water partition coefficient (Wildman–Crippen LogP) is 0.522. The minimum Gasteiger partial charge on any atom is -0.348 e. The number of rotatable bonds is 1. The summed E-state index contributed by atoms with van der Waals surface area (Å²) in [6, 6.07) is -0.114. The first kappa shape index (κ1) is 11.4. The minimum absolute atomic E-state index is 0.0728. The van der Waals surface area contributed by atoms with Crippen LogP contribution in [0.15, 0.2) is 0 Å². The van der Waals surface area contributed by atoms with Gasteiger partial charge in [0.05, 0.1) is 12.6 Å². The van der Waals surface area contributed by atoms with Gasteiger partial charge >= 0.3 is 0 Å². The number of carbonyl (C=O) groups excluding carboxylic acids is 1. The Morgan fingerprint density at radius 3 is 2.81 bits per heavy atom. The largest absolute Gasteiger partial charge is 0.348 e. The molecule has 0 saturated carbocycles. The third-order valence-electron chi connectivity index (χ3n) is 3.79. The average Bonchev–Trinajstić information content (AvgIpc) is 2.65. The Balaban J connectivity index is 2.23. The molecule has 0 aliphatic carbocycles. The van der Waals surface area contributed by atoms with Crippen LogP contribution in [0.4, 0.5) is 0 Å². The van der Waals surface area contributed by atoms with Gasteiger partial charge < -0.3 is 14.8 Å². The number of ether oxygens (including phenoxy) is 2. The second kappa shape index (κ2) is 3.76. The second-order valence-electron chi connectivity index (χ2n) is 4.71. The van der Waals surface area contributed by atoms with Gasteiger partial charge in [-0.25, -0.2) is 0 Å². The Morgan fingerprint density at radius 1 is 1.56 bits per heavy atom. The molecule has 2 saturated heterocycles. The maximum absolute atomic E-state index is 11.1. The van der Waals surface area contributed by atoms with Gasteiger partial charge in [0.15, 0.2) is 11.9 Å². The van der Waals surface area contributed by atoms with E-state index in [9.17, 15) is 4.79 Å². The lowest BCUT2D eigenvalue weighted by molar-refractivity contribution is -0.162. The highest BCUT2D eigenvalue weighted by Gasteiger charge is 2.55. The molecule has 0 aromatic rings. The molecule has 88 valence electrons. The van der Waals surface area contributed by atoms with E-state index in [0.29, 0.717) is 6.61 Å². The average molecular weight is 223 g/mol. The van der Waals surface area contributed by atoms with Crippen molar-refractivity contribution in [2.24, 2.45) is 11.8 Å². The van der Waals surface area contributed by atoms with E-state index < -0.39 is 11.9 Å². The molecule has 1 amide bonds. The van der Waals surface area contributed by atoms with Gasteiger partial charge in [0, 0.05) is 12.8 Å². The minimum atomic E-state index is -0.612. The molecular formula is C12H17NO3. The van der Waals surface area contributed by atoms with Crippen LogP contribution in [-0.4, -0.2) is 30.4 Å². The molecule has 2 fully saturated rings. The number of carbonyl (C=O) groups is 1. The van der Waals surface area contributed by atoms with Crippen molar-refractivity contribution >= 4 is 5.91 Å². The smallest absolute Gasteiger partial charge is 0.217 e. The second-order valence-corrected chi connectivity index (χ2v) is 4.71. The van der Waals surface area contributed by atoms with Gasteiger partial charge in [-0.05, 0) is 5.92 Å². The fraction of sp³-hybridized carbons (Fsp3) is 0.750. The van der Waals surface area contributed by atoms with Gasteiger partial charge in [-0.2, -0.15) is 0 Å². The van der Waals surface area contributed by atoms with Crippen LogP contribution in [0.1, 0.15) is 20.8 Å². The Morgan fingerprint density at radius 2 is 2.25 bits per heavy atom. The van der Waals surface area contributed by atoms with Gasteiger partial charge in [-0.1, -0.05) is 19.8 Å². The molecule has 0 aromatic carbocycles. The molecule has 1 N–H and O–H groups in total. The van der Waals surface area contributed by atoms with Crippen LogP contribution in [0.5, 0.6) is 0 Å². The van der Waals surface area contributed by atoms with Crippen LogP contribution in [0, 0.1) is 24.2 Å². The summed E-state index contributed by atoms with van der Waals surface area (Å²) in [5.74, 6) is 3.03. The fourth-order valence-electron chi connectivity index (χ4n) is 2.52. The first-order valence-electron chi connectivity index (χ1n) is 5.54. The van der Waals surface area contributed by atoms with Crippen molar-refractivity contribution in [3.63, 3.8) is 0 Å². The molecule has 2 aliphatic heterocycles. The molecule has 16 heavy (non-hydrogen) atoms. The molecule has 5 atom stereocenters. The molecule has 0 unspecified atom stereocenters. The topological polar surface area (TPSA) is 47.6 Å². The monoisotopic (exact) mass is 223 g/mol. The molecule has 2 heterocycles. The third-order valence-corrected chi connectivity index (χ3v) is 3.79. The molecule has 0 radical (unpaired) electrons. The Bertz CT molecular complexity index is 349. The van der Waals surface area contributed by atoms with Crippen LogP contribution >= 0.6 is 0 Å². The van der Waals surface area contributed by atoms with E-state index in [4.69, 9.17) is 15.9 Å². The summed E-state index contributed by atoms with van der Waals surface area (Å²) in [4.78, 5) is 11.1. The Hall–Kier alpha value is -1.05. The summed E-state index contributed by atoms with van der Waals surface area (Å²) in [6.07, 6.45) is 5.12. The molecule has 4 nitrogen and oxygen atoms in total. The van der Waals surface area contributed by atoms with E-state index in [2.05, 4.69) is 18.2 Å². The number of hydrogen-bond donors (Lipinski definition) is 1. The maximum Gasteiger partial charge on any atom is 0.217 e. The van der Waals surface area contributed by atoms with Gasteiger partial charge in [0.25, 0.3) is 0 Å². The highest BCUT2D eigenvalue weighted by molar-refractivity contribution is 5.73. The molecule has 2 rings (SSSR count). The highest BCUT2D eigenvalue weighted by atomic mass is 16.7. The third kappa shape index (κ3) is 1.51. The summed E-state index contributed by atoms with van der Waals surface area (Å²) >= 11 is 0. The van der Waals surface area contributed by atoms with Crippen molar-refractivity contribution in [2.75, 3.05) is 6.61 Å². The highest BCUT2D eigenvalue weighted by Crippen LogP contribution is 2.43. The van der Waals surface area contributed by atoms with E-state index in [-0.39, 0.29) is 23.8 Å². The summed E-state index contributed by atoms with van der Waals surface area (Å²) in [5, 5.41) is 2.87. The molecule has 2 bridgehead atoms. The number of fused-ring (bicyclic) bond motifs is 2. The number of hydrogen-bond acceptors (Lipinski definition) is 3. The lowest BCUT2D eigenvalue weighted by Crippen LogP contribution is -2.57. The molecule has 2 aliphatic rings. The zero-order valence-corrected chi connectivity index (χ0v) is 9.82. The van der Waals surface area contributed by atoms with Crippen molar-refractivity contribution in [2.45, 2.75) is 38.7 Å². The van der Waals surface area contributed by atoms with Crippen molar-refractivity contribution in [1.29, 1.82) is 0 Å². The van der Waals surface area contributed by atoms with Crippen molar-refractivity contribution in [3.05, 3.63) is 0 Å². The summed E-state index contributed by atoms with van der Waals surface area (Å²) < 4.78 is 11.3. The lowest BCUT2D eigenvalue weighted by atomic mass is 9.76. The van der Waals surface area contributed by atoms with Crippen LogP contribution in [0.25, 0.3) is 0 Å². The molecule has 4 heteroatoms. The first-order chi connectivity index (χ1) is 7.50. The lowest BCUT2D eigenvalue weighted by Gasteiger charge is -2.42. The van der Waals surface area contributed by atoms with Gasteiger partial charge in [0.1, 0.15) is 0 Å². The SMILES string of the molecule is C#C[C@@]12CO[C@@H](O1)[C@H](NC(C)=O)[C@@H](C)[C@H]2C. The number of amides is 1. The standard InChI is InChI=1S/C12H17NO3/c1-5-12-6-15-11(16-12)10(13-9(4)14)7(2)8(12)3/h1,7-8,10-11H,6H2,2-4H3,(H,13,14)/t7-,8+,10+,11-,12-/m0/s1. The van der Waals surface area contributed by atoms with E-state index in [1.807, 2.05) is 6.92 Å². The summed E-state index contributed by atoms with van der Waals surface area (Å²) in [7, 11) is 0. The first-order valence-corrected chi connectivity index (χ1v) is 5.54. The maximum atomic E-state index is 11.1. The Labute approximate surface area is 95.7 Å².